The van der Waals surface area contributed by atoms with Gasteiger partial charge in [0.05, 0.1) is 11.4 Å². The highest BCUT2D eigenvalue weighted by molar-refractivity contribution is 5.89. The minimum absolute atomic E-state index is 0.628. The van der Waals surface area contributed by atoms with Crippen molar-refractivity contribution in [1.29, 1.82) is 0 Å². The van der Waals surface area contributed by atoms with Crippen molar-refractivity contribution in [2.45, 2.75) is 13.0 Å². The number of nitrogens with zero attached hydrogens (tertiary/aromatic N) is 5. The molecule has 1 aliphatic rings. The van der Waals surface area contributed by atoms with E-state index in [0.29, 0.717) is 17.5 Å². The Morgan fingerprint density at radius 1 is 0.533 bits per heavy atom. The lowest BCUT2D eigenvalue weighted by Gasteiger charge is -2.16. The largest absolute Gasteiger partial charge is 0.324 e. The second kappa shape index (κ2) is 11.5. The van der Waals surface area contributed by atoms with Crippen molar-refractivity contribution >= 4 is 6.08 Å². The Morgan fingerprint density at radius 2 is 1.11 bits per heavy atom. The summed E-state index contributed by atoms with van der Waals surface area (Å²) in [6, 6.07) is 49.4. The fourth-order valence-electron chi connectivity index (χ4n) is 5.84. The number of hydrogen-bond donors (Lipinski definition) is 0. The van der Waals surface area contributed by atoms with Crippen molar-refractivity contribution in [2.24, 2.45) is 0 Å². The van der Waals surface area contributed by atoms with Gasteiger partial charge in [0.15, 0.2) is 17.5 Å². The molecular formula is C40H27N5. The number of fused-ring (bicyclic) bond motifs is 1. The summed E-state index contributed by atoms with van der Waals surface area (Å²) in [5.41, 5.74) is 9.13. The predicted octanol–water partition coefficient (Wildman–Crippen LogP) is 9.09. The van der Waals surface area contributed by atoms with Crippen LogP contribution in [-0.4, -0.2) is 24.5 Å². The number of imidazole rings is 1. The van der Waals surface area contributed by atoms with E-state index in [0.717, 1.165) is 69.1 Å². The first-order chi connectivity index (χ1) is 22.3. The first-order valence-corrected chi connectivity index (χ1v) is 15.0. The molecule has 0 saturated carbocycles. The Morgan fingerprint density at radius 3 is 1.73 bits per heavy atom. The van der Waals surface area contributed by atoms with Crippen molar-refractivity contribution in [1.82, 2.24) is 24.5 Å². The van der Waals surface area contributed by atoms with Crippen LogP contribution in [0, 0.1) is 12.1 Å². The Hall–Kier alpha value is -6.12. The number of benzene rings is 4. The molecule has 0 amide bonds. The Labute approximate surface area is 262 Å². The van der Waals surface area contributed by atoms with Crippen LogP contribution in [0.1, 0.15) is 12.2 Å². The summed E-state index contributed by atoms with van der Waals surface area (Å²) < 4.78 is 2.33. The first-order valence-electron chi connectivity index (χ1n) is 15.0. The summed E-state index contributed by atoms with van der Waals surface area (Å²) >= 11 is 0. The molecule has 0 radical (unpaired) electrons. The van der Waals surface area contributed by atoms with Crippen LogP contribution in [0.15, 0.2) is 133 Å². The molecule has 0 atom stereocenters. The standard InChI is InChI=1S/C40H27N5/c1-4-14-28(15-5-1)33-20-10-11-21-34(33)37-36(41-35-22-12-13-27-45(35)37)29-23-25-32(26-24-29)40-43-38(30-16-6-2-7-17-30)42-39(44-40)31-18-8-3-9-19-31/h1-4,6-12,14,16-26H,13,27H2. The minimum atomic E-state index is 0.628. The normalized spacial score (nSPS) is 12.0. The van der Waals surface area contributed by atoms with Gasteiger partial charge in [0.2, 0.25) is 0 Å². The summed E-state index contributed by atoms with van der Waals surface area (Å²) in [5, 5.41) is 0. The molecule has 5 heteroatoms. The lowest BCUT2D eigenvalue weighted by Crippen LogP contribution is -2.06. The number of hydrogen-bond acceptors (Lipinski definition) is 4. The molecule has 0 bridgehead atoms. The molecule has 8 rings (SSSR count). The maximum absolute atomic E-state index is 5.16. The van der Waals surface area contributed by atoms with Crippen molar-refractivity contribution in [3.8, 4) is 67.8 Å². The van der Waals surface area contributed by atoms with E-state index < -0.39 is 0 Å². The number of aromatic nitrogens is 5. The van der Waals surface area contributed by atoms with Gasteiger partial charge in [-0.3, -0.25) is 0 Å². The SMILES string of the molecule is c1cccc(-c2ccccc2-c2c(-c3ccc(-c4nc(-c5ccccc5)nc(-c5ccccc5)n4)cc3)nc3n2CCC=C3)c#1. The maximum Gasteiger partial charge on any atom is 0.164 e. The van der Waals surface area contributed by atoms with Gasteiger partial charge in [-0.05, 0) is 30.2 Å². The number of rotatable bonds is 6. The van der Waals surface area contributed by atoms with E-state index >= 15 is 0 Å². The van der Waals surface area contributed by atoms with Crippen LogP contribution in [0.4, 0.5) is 0 Å². The van der Waals surface area contributed by atoms with Gasteiger partial charge in [0, 0.05) is 39.9 Å². The quantitative estimate of drug-likeness (QED) is 0.198. The van der Waals surface area contributed by atoms with Gasteiger partial charge in [0.25, 0.3) is 0 Å². The zero-order valence-corrected chi connectivity index (χ0v) is 24.4. The van der Waals surface area contributed by atoms with Gasteiger partial charge in [-0.2, -0.15) is 0 Å². The van der Waals surface area contributed by atoms with Gasteiger partial charge < -0.3 is 4.57 Å². The van der Waals surface area contributed by atoms with Crippen molar-refractivity contribution < 1.29 is 0 Å². The van der Waals surface area contributed by atoms with E-state index in [2.05, 4.69) is 83.4 Å². The minimum Gasteiger partial charge on any atom is -0.324 e. The fourth-order valence-corrected chi connectivity index (χ4v) is 5.84. The van der Waals surface area contributed by atoms with E-state index in [9.17, 15) is 0 Å². The molecule has 0 fully saturated rings. The molecule has 0 saturated heterocycles. The van der Waals surface area contributed by atoms with Crippen LogP contribution >= 0.6 is 0 Å². The summed E-state index contributed by atoms with van der Waals surface area (Å²) in [4.78, 5) is 19.8. The molecule has 1 aliphatic heterocycles. The number of allylic oxidation sites excluding steroid dienone is 1. The molecule has 5 aromatic carbocycles. The second-order valence-electron chi connectivity index (χ2n) is 10.9. The monoisotopic (exact) mass is 577 g/mol. The molecule has 2 aromatic heterocycles. The van der Waals surface area contributed by atoms with E-state index in [1.807, 2.05) is 72.8 Å². The smallest absolute Gasteiger partial charge is 0.164 e. The third-order valence-corrected chi connectivity index (χ3v) is 8.02. The topological polar surface area (TPSA) is 56.5 Å². The molecule has 0 aliphatic carbocycles. The second-order valence-corrected chi connectivity index (χ2v) is 10.9. The van der Waals surface area contributed by atoms with Crippen LogP contribution in [-0.2, 0) is 6.54 Å². The van der Waals surface area contributed by atoms with Gasteiger partial charge >= 0.3 is 0 Å². The Bertz CT molecular complexity index is 2070. The van der Waals surface area contributed by atoms with Crippen LogP contribution in [0.5, 0.6) is 0 Å². The average Bonchev–Trinajstić information content (AvgIpc) is 3.52. The molecular weight excluding hydrogens is 550 g/mol. The summed E-state index contributed by atoms with van der Waals surface area (Å²) in [7, 11) is 0. The highest BCUT2D eigenvalue weighted by Crippen LogP contribution is 2.40. The molecule has 0 N–H and O–H groups in total. The molecule has 45 heavy (non-hydrogen) atoms. The van der Waals surface area contributed by atoms with E-state index in [-0.39, 0.29) is 0 Å². The van der Waals surface area contributed by atoms with Crippen LogP contribution in [0.3, 0.4) is 0 Å². The lowest BCUT2D eigenvalue weighted by molar-refractivity contribution is 0.696. The zero-order chi connectivity index (χ0) is 30.0. The van der Waals surface area contributed by atoms with Crippen molar-refractivity contribution in [3.63, 3.8) is 0 Å². The first kappa shape index (κ1) is 26.5. The highest BCUT2D eigenvalue weighted by Gasteiger charge is 2.23. The molecule has 5 nitrogen and oxygen atoms in total. The summed E-state index contributed by atoms with van der Waals surface area (Å²) in [5.74, 6) is 2.88. The molecule has 212 valence electrons. The van der Waals surface area contributed by atoms with E-state index in [1.165, 1.54) is 0 Å². The van der Waals surface area contributed by atoms with Gasteiger partial charge in [-0.25, -0.2) is 19.9 Å². The molecule has 0 unspecified atom stereocenters. The summed E-state index contributed by atoms with van der Waals surface area (Å²) in [6.45, 7) is 0.876. The van der Waals surface area contributed by atoms with Gasteiger partial charge in [-0.1, -0.05) is 133 Å². The van der Waals surface area contributed by atoms with Crippen molar-refractivity contribution in [2.75, 3.05) is 0 Å². The third-order valence-electron chi connectivity index (χ3n) is 8.02. The third kappa shape index (κ3) is 5.09. The fraction of sp³-hybridized carbons (Fsp3) is 0.0500. The van der Waals surface area contributed by atoms with Crippen LogP contribution in [0.2, 0.25) is 0 Å². The average molecular weight is 578 g/mol. The van der Waals surface area contributed by atoms with Crippen LogP contribution in [0.25, 0.3) is 73.9 Å². The molecule has 3 heterocycles. The zero-order valence-electron chi connectivity index (χ0n) is 24.4. The van der Waals surface area contributed by atoms with Crippen molar-refractivity contribution in [3.05, 3.63) is 151 Å². The molecule has 7 aromatic rings. The van der Waals surface area contributed by atoms with E-state index in [1.54, 1.807) is 0 Å². The highest BCUT2D eigenvalue weighted by atomic mass is 15.1. The van der Waals surface area contributed by atoms with Crippen LogP contribution < -0.4 is 0 Å². The van der Waals surface area contributed by atoms with Gasteiger partial charge in [-0.15, -0.1) is 0 Å². The molecule has 0 spiro atoms. The Balaban J connectivity index is 1.24. The predicted molar refractivity (Wildman–Crippen MR) is 180 cm³/mol. The summed E-state index contributed by atoms with van der Waals surface area (Å²) in [6.07, 6.45) is 5.28. The lowest BCUT2D eigenvalue weighted by atomic mass is 9.95. The maximum atomic E-state index is 5.16. The van der Waals surface area contributed by atoms with Gasteiger partial charge in [0.1, 0.15) is 5.82 Å². The van der Waals surface area contributed by atoms with E-state index in [4.69, 9.17) is 19.9 Å². The Kier molecular flexibility index (Phi) is 6.78.